The average Bonchev–Trinajstić information content (AvgIpc) is 2.30. The van der Waals surface area contributed by atoms with Crippen LogP contribution in [0, 0.1) is 5.95 Å². The summed E-state index contributed by atoms with van der Waals surface area (Å²) in [5, 5.41) is 9.44. The highest BCUT2D eigenvalue weighted by molar-refractivity contribution is 9.08. The molecule has 17 heavy (non-hydrogen) atoms. The Morgan fingerprint density at radius 1 is 1.47 bits per heavy atom. The van der Waals surface area contributed by atoms with Crippen molar-refractivity contribution in [1.82, 2.24) is 15.5 Å². The summed E-state index contributed by atoms with van der Waals surface area (Å²) in [6, 6.07) is 0.778. The fourth-order valence-electron chi connectivity index (χ4n) is 1.45. The molecule has 6 nitrogen and oxygen atoms in total. The Morgan fingerprint density at radius 3 is 2.88 bits per heavy atom. The minimum Gasteiger partial charge on any atom is -0.289 e. The number of nitrogens with one attached hydrogen (secondary N) is 1. The molecule has 1 N–H and O–H groups in total. The van der Waals surface area contributed by atoms with Crippen LogP contribution in [0.4, 0.5) is 14.9 Å². The Balaban J connectivity index is 2.33. The molecule has 2 heterocycles. The maximum atomic E-state index is 13.5. The van der Waals surface area contributed by atoms with Gasteiger partial charge < -0.3 is 0 Å². The summed E-state index contributed by atoms with van der Waals surface area (Å²) in [4.78, 5) is 23.6. The molecule has 1 aromatic heterocycles. The monoisotopic (exact) mass is 302 g/mol. The van der Waals surface area contributed by atoms with Crippen LogP contribution < -0.4 is 10.2 Å². The number of alkyl halides is 1. The number of hydrogen-bond donors (Lipinski definition) is 1. The van der Waals surface area contributed by atoms with Gasteiger partial charge in [-0.2, -0.15) is 9.49 Å². The molecule has 8 heteroatoms. The Labute approximate surface area is 104 Å². The molecule has 0 spiro atoms. The zero-order valence-corrected chi connectivity index (χ0v) is 10.2. The van der Waals surface area contributed by atoms with Gasteiger partial charge in [0.05, 0.1) is 5.69 Å². The molecule has 1 aromatic rings. The van der Waals surface area contributed by atoms with Crippen molar-refractivity contribution >= 4 is 33.6 Å². The van der Waals surface area contributed by atoms with Gasteiger partial charge in [0.1, 0.15) is 5.69 Å². The van der Waals surface area contributed by atoms with Crippen LogP contribution in [0.2, 0.25) is 0 Å². The zero-order chi connectivity index (χ0) is 12.4. The number of hydrogen-bond acceptors (Lipinski definition) is 4. The van der Waals surface area contributed by atoms with Gasteiger partial charge in [0.25, 0.3) is 5.95 Å². The first-order chi connectivity index (χ1) is 8.11. The van der Waals surface area contributed by atoms with Gasteiger partial charge in [0, 0.05) is 18.3 Å². The highest BCUT2D eigenvalue weighted by Gasteiger charge is 2.27. The number of carbonyl (C=O) groups is 2. The lowest BCUT2D eigenvalue weighted by Gasteiger charge is -2.26. The van der Waals surface area contributed by atoms with Gasteiger partial charge in [0.2, 0.25) is 5.91 Å². The number of urea groups is 1. The molecule has 1 aliphatic heterocycles. The minimum atomic E-state index is -0.834. The molecule has 2 rings (SSSR count). The standard InChI is InChI=1S/C9H8BrFN4O2/c10-4-5-3-6(8(11)14-13-5)15-2-1-7(16)12-9(15)17/h3H,1-2,4H2,(H,12,16,17). The van der Waals surface area contributed by atoms with Crippen LogP contribution in [0.25, 0.3) is 0 Å². The summed E-state index contributed by atoms with van der Waals surface area (Å²) >= 11 is 3.17. The van der Waals surface area contributed by atoms with Crippen molar-refractivity contribution in [2.75, 3.05) is 11.4 Å². The highest BCUT2D eigenvalue weighted by Crippen LogP contribution is 2.20. The second kappa shape index (κ2) is 4.74. The van der Waals surface area contributed by atoms with Gasteiger partial charge in [-0.05, 0) is 6.07 Å². The minimum absolute atomic E-state index is 0.0273. The summed E-state index contributed by atoms with van der Waals surface area (Å²) in [6.07, 6.45) is 0.136. The largest absolute Gasteiger partial charge is 0.328 e. The first kappa shape index (κ1) is 11.9. The lowest BCUT2D eigenvalue weighted by molar-refractivity contribution is -0.120. The molecule has 0 radical (unpaired) electrons. The fraction of sp³-hybridized carbons (Fsp3) is 0.333. The van der Waals surface area contributed by atoms with E-state index in [0.717, 1.165) is 4.90 Å². The predicted molar refractivity (Wildman–Crippen MR) is 60.1 cm³/mol. The maximum absolute atomic E-state index is 13.5. The molecule has 0 bridgehead atoms. The van der Waals surface area contributed by atoms with Crippen LogP contribution in [-0.4, -0.2) is 28.7 Å². The van der Waals surface area contributed by atoms with Crippen molar-refractivity contribution < 1.29 is 14.0 Å². The topological polar surface area (TPSA) is 75.2 Å². The van der Waals surface area contributed by atoms with Crippen molar-refractivity contribution in [1.29, 1.82) is 0 Å². The molecule has 1 aliphatic rings. The molecule has 1 saturated heterocycles. The molecule has 0 aliphatic carbocycles. The molecule has 0 saturated carbocycles. The quantitative estimate of drug-likeness (QED) is 0.826. The maximum Gasteiger partial charge on any atom is 0.328 e. The van der Waals surface area contributed by atoms with Gasteiger partial charge in [-0.25, -0.2) is 4.79 Å². The lowest BCUT2D eigenvalue weighted by Crippen LogP contribution is -2.50. The van der Waals surface area contributed by atoms with Crippen molar-refractivity contribution in [3.8, 4) is 0 Å². The van der Waals surface area contributed by atoms with E-state index in [1.54, 1.807) is 0 Å². The summed E-state index contributed by atoms with van der Waals surface area (Å²) < 4.78 is 13.5. The van der Waals surface area contributed by atoms with E-state index < -0.39 is 12.0 Å². The number of carbonyl (C=O) groups excluding carboxylic acids is 2. The van der Waals surface area contributed by atoms with E-state index in [2.05, 4.69) is 31.4 Å². The van der Waals surface area contributed by atoms with E-state index in [0.29, 0.717) is 11.0 Å². The number of halogens is 2. The zero-order valence-electron chi connectivity index (χ0n) is 8.61. The second-order valence-electron chi connectivity index (χ2n) is 3.40. The van der Waals surface area contributed by atoms with Crippen LogP contribution in [0.3, 0.4) is 0 Å². The van der Waals surface area contributed by atoms with Crippen LogP contribution in [0.15, 0.2) is 6.07 Å². The van der Waals surface area contributed by atoms with E-state index in [-0.39, 0.29) is 24.6 Å². The molecule has 3 amide bonds. The smallest absolute Gasteiger partial charge is 0.289 e. The second-order valence-corrected chi connectivity index (χ2v) is 3.96. The number of aromatic nitrogens is 2. The van der Waals surface area contributed by atoms with Gasteiger partial charge in [-0.1, -0.05) is 15.9 Å². The average molecular weight is 303 g/mol. The molecule has 0 atom stereocenters. The Kier molecular flexibility index (Phi) is 3.32. The third kappa shape index (κ3) is 2.41. The number of imide groups is 1. The van der Waals surface area contributed by atoms with Crippen LogP contribution in [-0.2, 0) is 10.1 Å². The van der Waals surface area contributed by atoms with Gasteiger partial charge >= 0.3 is 6.03 Å². The summed E-state index contributed by atoms with van der Waals surface area (Å²) in [5.74, 6) is -1.20. The van der Waals surface area contributed by atoms with Crippen molar-refractivity contribution in [3.63, 3.8) is 0 Å². The third-order valence-electron chi connectivity index (χ3n) is 2.26. The Hall–Kier alpha value is -1.57. The number of amides is 3. The molecular weight excluding hydrogens is 295 g/mol. The first-order valence-electron chi connectivity index (χ1n) is 4.81. The van der Waals surface area contributed by atoms with Gasteiger partial charge in [-0.3, -0.25) is 15.0 Å². The van der Waals surface area contributed by atoms with E-state index >= 15 is 0 Å². The molecule has 0 unspecified atom stereocenters. The van der Waals surface area contributed by atoms with Crippen LogP contribution >= 0.6 is 15.9 Å². The van der Waals surface area contributed by atoms with Crippen molar-refractivity contribution in [2.24, 2.45) is 0 Å². The van der Waals surface area contributed by atoms with E-state index in [1.165, 1.54) is 6.07 Å². The molecule has 0 aromatic carbocycles. The first-order valence-corrected chi connectivity index (χ1v) is 5.93. The van der Waals surface area contributed by atoms with Crippen molar-refractivity contribution in [3.05, 3.63) is 17.7 Å². The summed E-state index contributed by atoms with van der Waals surface area (Å²) in [6.45, 7) is 0.134. The molecular formula is C9H8BrFN4O2. The van der Waals surface area contributed by atoms with E-state index in [1.807, 2.05) is 0 Å². The van der Waals surface area contributed by atoms with Crippen LogP contribution in [0.5, 0.6) is 0 Å². The van der Waals surface area contributed by atoms with E-state index in [4.69, 9.17) is 0 Å². The Bertz CT molecular complexity index is 482. The molecule has 1 fully saturated rings. The third-order valence-corrected chi connectivity index (χ3v) is 2.84. The van der Waals surface area contributed by atoms with Gasteiger partial charge in [-0.15, -0.1) is 5.10 Å². The normalized spacial score (nSPS) is 16.0. The summed E-state index contributed by atoms with van der Waals surface area (Å²) in [5.41, 5.74) is 0.533. The SMILES string of the molecule is O=C1CCN(c2cc(CBr)nnc2F)C(=O)N1. The molecule has 90 valence electrons. The number of rotatable bonds is 2. The van der Waals surface area contributed by atoms with Crippen molar-refractivity contribution in [2.45, 2.75) is 11.8 Å². The fourth-order valence-corrected chi connectivity index (χ4v) is 1.73. The predicted octanol–water partition coefficient (Wildman–Crippen LogP) is 0.957. The lowest BCUT2D eigenvalue weighted by atomic mass is 10.2. The van der Waals surface area contributed by atoms with Gasteiger partial charge in [0.15, 0.2) is 0 Å². The number of nitrogens with zero attached hydrogens (tertiary/aromatic N) is 3. The highest BCUT2D eigenvalue weighted by atomic mass is 79.9. The van der Waals surface area contributed by atoms with E-state index in [9.17, 15) is 14.0 Å². The number of anilines is 1. The Morgan fingerprint density at radius 2 is 2.24 bits per heavy atom. The van der Waals surface area contributed by atoms with Crippen LogP contribution in [0.1, 0.15) is 12.1 Å². The summed E-state index contributed by atoms with van der Waals surface area (Å²) in [7, 11) is 0.